The summed E-state index contributed by atoms with van der Waals surface area (Å²) in [7, 11) is 0. The molecule has 8 heteroatoms. The Hall–Kier alpha value is -1.01. The predicted molar refractivity (Wildman–Crippen MR) is 125 cm³/mol. The molecule has 1 aromatic heterocycles. The van der Waals surface area contributed by atoms with E-state index in [2.05, 4.69) is 6.92 Å². The van der Waals surface area contributed by atoms with Crippen molar-refractivity contribution in [2.24, 2.45) is 29.1 Å². The number of rotatable bonds is 4. The van der Waals surface area contributed by atoms with Crippen LogP contribution < -0.4 is 0 Å². The van der Waals surface area contributed by atoms with Crippen LogP contribution in [0.25, 0.3) is 0 Å². The smallest absolute Gasteiger partial charge is 0.376 e. The zero-order chi connectivity index (χ0) is 23.4. The van der Waals surface area contributed by atoms with Crippen LogP contribution >= 0.6 is 34.8 Å². The van der Waals surface area contributed by atoms with Gasteiger partial charge in [-0.05, 0) is 92.2 Å². The van der Waals surface area contributed by atoms with Gasteiger partial charge in [0.1, 0.15) is 0 Å². The summed E-state index contributed by atoms with van der Waals surface area (Å²) in [6, 6.07) is 3.09. The zero-order valence-corrected chi connectivity index (χ0v) is 20.9. The Balaban J connectivity index is 1.32. The lowest BCUT2D eigenvalue weighted by atomic mass is 9.52. The summed E-state index contributed by atoms with van der Waals surface area (Å²) in [5.74, 6) is 1.91. The highest BCUT2D eigenvalue weighted by Crippen LogP contribution is 2.62. The van der Waals surface area contributed by atoms with E-state index in [0.29, 0.717) is 30.1 Å². The molecular weight excluding hydrogens is 487 g/mol. The summed E-state index contributed by atoms with van der Waals surface area (Å²) in [6.07, 6.45) is 9.64. The van der Waals surface area contributed by atoms with Crippen LogP contribution in [0.15, 0.2) is 34.5 Å². The second kappa shape index (κ2) is 8.89. The van der Waals surface area contributed by atoms with Gasteiger partial charge in [0.2, 0.25) is 5.76 Å². The molecule has 4 aliphatic carbocycles. The van der Waals surface area contributed by atoms with Gasteiger partial charge in [-0.15, -0.1) is 0 Å². The lowest BCUT2D eigenvalue weighted by molar-refractivity contribution is -0.178. The standard InChI is InChI=1S/C25H29Cl3O5/c1-24-11-10-17-16-7-5-15(29)13-14(16)4-6-18(17)19(24)8-9-21(24)32-23(25(26,27)28)33-22(30)20-3-2-12-31-20/h2-3,12-13,16-19,21,23H,4-11H2,1H3/t16-,17-,18+,19+,21+,23-,24+/m1/s1. The van der Waals surface area contributed by atoms with Crippen LogP contribution in [-0.2, 0) is 14.3 Å². The highest BCUT2D eigenvalue weighted by Gasteiger charge is 2.58. The highest BCUT2D eigenvalue weighted by atomic mass is 35.6. The molecular formula is C25H29Cl3O5. The Morgan fingerprint density at radius 3 is 2.70 bits per heavy atom. The van der Waals surface area contributed by atoms with Gasteiger partial charge in [0.15, 0.2) is 5.78 Å². The lowest BCUT2D eigenvalue weighted by Gasteiger charge is -2.54. The number of esters is 1. The Morgan fingerprint density at radius 2 is 1.97 bits per heavy atom. The summed E-state index contributed by atoms with van der Waals surface area (Å²) < 4.78 is 14.9. The molecule has 0 radical (unpaired) electrons. The molecule has 180 valence electrons. The Bertz CT molecular complexity index is 936. The number of fused-ring (bicyclic) bond motifs is 5. The third-order valence-corrected chi connectivity index (χ3v) is 9.24. The molecule has 0 unspecified atom stereocenters. The minimum Gasteiger partial charge on any atom is -0.457 e. The van der Waals surface area contributed by atoms with Gasteiger partial charge in [0, 0.05) is 6.42 Å². The number of halogens is 3. The predicted octanol–water partition coefficient (Wildman–Crippen LogP) is 6.66. The molecule has 5 rings (SSSR count). The number of ketones is 1. The van der Waals surface area contributed by atoms with Crippen molar-refractivity contribution in [2.75, 3.05) is 0 Å². The fourth-order valence-corrected chi connectivity index (χ4v) is 7.52. The van der Waals surface area contributed by atoms with Gasteiger partial charge in [0.25, 0.3) is 10.1 Å². The quantitative estimate of drug-likeness (QED) is 0.255. The molecule has 0 amide bonds. The van der Waals surface area contributed by atoms with Gasteiger partial charge in [-0.25, -0.2) is 4.79 Å². The summed E-state index contributed by atoms with van der Waals surface area (Å²) in [6.45, 7) is 2.28. The van der Waals surface area contributed by atoms with Crippen LogP contribution in [0, 0.1) is 29.1 Å². The van der Waals surface area contributed by atoms with Crippen molar-refractivity contribution in [2.45, 2.75) is 74.5 Å². The summed E-state index contributed by atoms with van der Waals surface area (Å²) in [5, 5.41) is 0. The van der Waals surface area contributed by atoms with E-state index in [4.69, 9.17) is 48.7 Å². The number of alkyl halides is 3. The van der Waals surface area contributed by atoms with E-state index < -0.39 is 16.1 Å². The second-order valence-electron chi connectivity index (χ2n) is 10.3. The molecule has 3 fully saturated rings. The molecule has 0 aromatic carbocycles. The molecule has 4 aliphatic rings. The van der Waals surface area contributed by atoms with Crippen LogP contribution in [0.4, 0.5) is 0 Å². The van der Waals surface area contributed by atoms with Crippen molar-refractivity contribution in [1.82, 2.24) is 0 Å². The largest absolute Gasteiger partial charge is 0.457 e. The second-order valence-corrected chi connectivity index (χ2v) is 12.7. The summed E-state index contributed by atoms with van der Waals surface area (Å²) in [4.78, 5) is 24.4. The maximum atomic E-state index is 12.4. The molecule has 7 atom stereocenters. The van der Waals surface area contributed by atoms with Crippen molar-refractivity contribution < 1.29 is 23.5 Å². The number of allylic oxidation sites excluding steroid dienone is 1. The monoisotopic (exact) mass is 514 g/mol. The van der Waals surface area contributed by atoms with Gasteiger partial charge >= 0.3 is 5.97 Å². The van der Waals surface area contributed by atoms with Crippen LogP contribution in [0.1, 0.15) is 68.8 Å². The van der Waals surface area contributed by atoms with Crippen LogP contribution in [0.5, 0.6) is 0 Å². The average Bonchev–Trinajstić information content (AvgIpc) is 3.40. The number of carbonyl (C=O) groups is 2. The average molecular weight is 516 g/mol. The van der Waals surface area contributed by atoms with Crippen LogP contribution in [-0.4, -0.2) is 27.9 Å². The SMILES string of the molecule is C[C@]12CC[C@H]3[C@H](CCC4=CC(=O)CC[C@H]43)[C@@H]1CC[C@@H]2O[C@H](OC(=O)c1ccco1)C(Cl)(Cl)Cl. The number of ether oxygens (including phenoxy) is 2. The van der Waals surface area contributed by atoms with E-state index in [0.717, 1.165) is 44.9 Å². The van der Waals surface area contributed by atoms with E-state index in [9.17, 15) is 9.59 Å². The van der Waals surface area contributed by atoms with Gasteiger partial charge < -0.3 is 13.9 Å². The molecule has 0 N–H and O–H groups in total. The van der Waals surface area contributed by atoms with Crippen molar-refractivity contribution in [1.29, 1.82) is 0 Å². The first kappa shape index (κ1) is 23.7. The highest BCUT2D eigenvalue weighted by molar-refractivity contribution is 6.68. The maximum Gasteiger partial charge on any atom is 0.376 e. The minimum atomic E-state index is -1.92. The fourth-order valence-electron chi connectivity index (χ4n) is 7.23. The third-order valence-electron chi connectivity index (χ3n) is 8.70. The molecule has 1 aromatic rings. The van der Waals surface area contributed by atoms with Crippen molar-refractivity contribution in [3.05, 3.63) is 35.8 Å². The van der Waals surface area contributed by atoms with E-state index in [1.54, 1.807) is 6.07 Å². The first-order valence-electron chi connectivity index (χ1n) is 11.9. The molecule has 0 bridgehead atoms. The van der Waals surface area contributed by atoms with E-state index in [1.807, 2.05) is 6.08 Å². The summed E-state index contributed by atoms with van der Waals surface area (Å²) >= 11 is 18.5. The molecule has 33 heavy (non-hydrogen) atoms. The molecule has 3 saturated carbocycles. The van der Waals surface area contributed by atoms with Gasteiger partial charge in [0.05, 0.1) is 12.4 Å². The van der Waals surface area contributed by atoms with Gasteiger partial charge in [-0.3, -0.25) is 4.79 Å². The van der Waals surface area contributed by atoms with E-state index in [1.165, 1.54) is 17.9 Å². The minimum absolute atomic E-state index is 0.0332. The molecule has 1 heterocycles. The Labute approximate surface area is 209 Å². The van der Waals surface area contributed by atoms with Crippen molar-refractivity contribution in [3.8, 4) is 0 Å². The molecule has 0 spiro atoms. The summed E-state index contributed by atoms with van der Waals surface area (Å²) in [5.41, 5.74) is 1.31. The molecule has 5 nitrogen and oxygen atoms in total. The van der Waals surface area contributed by atoms with Gasteiger partial charge in [-0.2, -0.15) is 0 Å². The topological polar surface area (TPSA) is 65.7 Å². The zero-order valence-electron chi connectivity index (χ0n) is 18.6. The first-order valence-corrected chi connectivity index (χ1v) is 13.0. The van der Waals surface area contributed by atoms with Crippen molar-refractivity contribution >= 4 is 46.6 Å². The Morgan fingerprint density at radius 1 is 1.15 bits per heavy atom. The lowest BCUT2D eigenvalue weighted by Crippen LogP contribution is -2.49. The molecule has 0 aliphatic heterocycles. The molecule has 0 saturated heterocycles. The van der Waals surface area contributed by atoms with Crippen molar-refractivity contribution in [3.63, 3.8) is 0 Å². The van der Waals surface area contributed by atoms with E-state index >= 15 is 0 Å². The third kappa shape index (κ3) is 4.39. The fraction of sp³-hybridized carbons (Fsp3) is 0.680. The Kier molecular flexibility index (Phi) is 6.39. The maximum absolute atomic E-state index is 12.4. The number of hydrogen-bond donors (Lipinski definition) is 0. The van der Waals surface area contributed by atoms with E-state index in [-0.39, 0.29) is 23.1 Å². The number of hydrogen-bond acceptors (Lipinski definition) is 5. The number of furan rings is 1. The van der Waals surface area contributed by atoms with Gasteiger partial charge in [-0.1, -0.05) is 47.3 Å². The normalized spacial score (nSPS) is 36.9. The van der Waals surface area contributed by atoms with Crippen LogP contribution in [0.3, 0.4) is 0 Å². The number of carbonyl (C=O) groups excluding carboxylic acids is 2. The van der Waals surface area contributed by atoms with Crippen LogP contribution in [0.2, 0.25) is 0 Å². The first-order chi connectivity index (χ1) is 15.7.